The summed E-state index contributed by atoms with van der Waals surface area (Å²) in [5, 5.41) is 36.8. The lowest BCUT2D eigenvalue weighted by molar-refractivity contribution is -0.140. The van der Waals surface area contributed by atoms with Gasteiger partial charge in [0, 0.05) is 31.7 Å². The number of aliphatic hydroxyl groups is 1. The third-order valence-corrected chi connectivity index (χ3v) is 3.50. The fourth-order valence-corrected chi connectivity index (χ4v) is 2.37. The lowest BCUT2D eigenvalue weighted by atomic mass is 10.1. The van der Waals surface area contributed by atoms with Crippen molar-refractivity contribution in [1.82, 2.24) is 9.80 Å². The summed E-state index contributed by atoms with van der Waals surface area (Å²) in [6.07, 6.45) is 0. The maximum atomic E-state index is 11.0. The lowest BCUT2D eigenvalue weighted by Gasteiger charge is -2.25. The van der Waals surface area contributed by atoms with E-state index in [0.717, 1.165) is 5.56 Å². The standard InChI is InChI=1S/C16H24N2O6/c1-12-2-3-14(20)13(8-12)9-18(11-16(23)24)5-4-17(6-7-19)10-15(21)22/h2-3,8,19-20H,4-7,9-11H2,1H3,(H,21,22)(H,23,24). The van der Waals surface area contributed by atoms with Crippen molar-refractivity contribution in [3.63, 3.8) is 0 Å². The van der Waals surface area contributed by atoms with Crippen molar-refractivity contribution in [2.45, 2.75) is 13.5 Å². The molecule has 8 heteroatoms. The van der Waals surface area contributed by atoms with Crippen molar-refractivity contribution in [3.05, 3.63) is 29.3 Å². The van der Waals surface area contributed by atoms with Crippen LogP contribution in [0.2, 0.25) is 0 Å². The highest BCUT2D eigenvalue weighted by Crippen LogP contribution is 2.20. The topological polar surface area (TPSA) is 122 Å². The second-order valence-corrected chi connectivity index (χ2v) is 5.63. The van der Waals surface area contributed by atoms with Gasteiger partial charge in [-0.1, -0.05) is 17.7 Å². The number of hydrogen-bond acceptors (Lipinski definition) is 6. The number of aliphatic hydroxyl groups excluding tert-OH is 1. The summed E-state index contributed by atoms with van der Waals surface area (Å²) in [6.45, 7) is 2.28. The summed E-state index contributed by atoms with van der Waals surface area (Å²) in [5.41, 5.74) is 1.56. The number of phenolic OH excluding ortho intramolecular Hbond substituents is 1. The molecule has 0 spiro atoms. The molecular formula is C16H24N2O6. The molecule has 0 saturated heterocycles. The van der Waals surface area contributed by atoms with Crippen LogP contribution in [0.1, 0.15) is 11.1 Å². The van der Waals surface area contributed by atoms with Gasteiger partial charge in [0.15, 0.2) is 0 Å². The molecule has 0 amide bonds. The number of hydrogen-bond donors (Lipinski definition) is 4. The highest BCUT2D eigenvalue weighted by molar-refractivity contribution is 5.69. The van der Waals surface area contributed by atoms with Gasteiger partial charge in [-0.25, -0.2) is 0 Å². The average molecular weight is 340 g/mol. The minimum Gasteiger partial charge on any atom is -0.508 e. The molecule has 0 saturated carbocycles. The average Bonchev–Trinajstić information content (AvgIpc) is 2.47. The third-order valence-electron chi connectivity index (χ3n) is 3.50. The minimum absolute atomic E-state index is 0.0914. The highest BCUT2D eigenvalue weighted by Gasteiger charge is 2.16. The van der Waals surface area contributed by atoms with Crippen LogP contribution in [0.25, 0.3) is 0 Å². The van der Waals surface area contributed by atoms with E-state index in [0.29, 0.717) is 18.7 Å². The largest absolute Gasteiger partial charge is 0.508 e. The monoisotopic (exact) mass is 340 g/mol. The summed E-state index contributed by atoms with van der Waals surface area (Å²) in [7, 11) is 0. The van der Waals surface area contributed by atoms with Crippen LogP contribution in [0.5, 0.6) is 5.75 Å². The Bertz CT molecular complexity index is 563. The van der Waals surface area contributed by atoms with Gasteiger partial charge in [0.25, 0.3) is 0 Å². The number of carbonyl (C=O) groups is 2. The fourth-order valence-electron chi connectivity index (χ4n) is 2.37. The molecule has 24 heavy (non-hydrogen) atoms. The van der Waals surface area contributed by atoms with Crippen LogP contribution in [0.15, 0.2) is 18.2 Å². The molecule has 1 aromatic carbocycles. The molecule has 0 fully saturated rings. The number of aryl methyl sites for hydroxylation is 1. The van der Waals surface area contributed by atoms with Crippen LogP contribution in [0.3, 0.4) is 0 Å². The van der Waals surface area contributed by atoms with E-state index in [1.165, 1.54) is 4.90 Å². The van der Waals surface area contributed by atoms with Crippen molar-refractivity contribution < 1.29 is 30.0 Å². The van der Waals surface area contributed by atoms with Crippen molar-refractivity contribution in [2.75, 3.05) is 39.3 Å². The van der Waals surface area contributed by atoms with Crippen LogP contribution in [0, 0.1) is 6.92 Å². The molecular weight excluding hydrogens is 316 g/mol. The van der Waals surface area contributed by atoms with Gasteiger partial charge in [-0.3, -0.25) is 19.4 Å². The fraction of sp³-hybridized carbons (Fsp3) is 0.500. The first kappa shape index (κ1) is 19.9. The van der Waals surface area contributed by atoms with Crippen LogP contribution < -0.4 is 0 Å². The number of aromatic hydroxyl groups is 1. The second-order valence-electron chi connectivity index (χ2n) is 5.63. The molecule has 134 valence electrons. The smallest absolute Gasteiger partial charge is 0.317 e. The summed E-state index contributed by atoms with van der Waals surface area (Å²) in [4.78, 5) is 25.0. The number of aliphatic carboxylic acids is 2. The van der Waals surface area contributed by atoms with Crippen LogP contribution in [0.4, 0.5) is 0 Å². The highest BCUT2D eigenvalue weighted by atomic mass is 16.4. The zero-order valence-electron chi connectivity index (χ0n) is 13.7. The van der Waals surface area contributed by atoms with E-state index in [1.807, 2.05) is 6.92 Å². The molecule has 0 bridgehead atoms. The number of nitrogens with zero attached hydrogens (tertiary/aromatic N) is 2. The Kier molecular flexibility index (Phi) is 8.17. The molecule has 0 atom stereocenters. The van der Waals surface area contributed by atoms with Gasteiger partial charge in [0.2, 0.25) is 0 Å². The Morgan fingerprint density at radius 2 is 1.58 bits per heavy atom. The minimum atomic E-state index is -1.01. The van der Waals surface area contributed by atoms with Crippen molar-refractivity contribution in [2.24, 2.45) is 0 Å². The summed E-state index contributed by atoms with van der Waals surface area (Å²) in [5.74, 6) is -1.92. The zero-order valence-corrected chi connectivity index (χ0v) is 13.7. The molecule has 8 nitrogen and oxygen atoms in total. The SMILES string of the molecule is Cc1ccc(O)c(CN(CCN(CCO)CC(=O)O)CC(=O)O)c1. The summed E-state index contributed by atoms with van der Waals surface area (Å²) >= 11 is 0. The molecule has 0 radical (unpaired) electrons. The Morgan fingerprint density at radius 3 is 2.17 bits per heavy atom. The van der Waals surface area contributed by atoms with Crippen LogP contribution in [-0.4, -0.2) is 81.5 Å². The molecule has 1 rings (SSSR count). The molecule has 0 unspecified atom stereocenters. The van der Waals surface area contributed by atoms with E-state index in [1.54, 1.807) is 23.1 Å². The van der Waals surface area contributed by atoms with Crippen LogP contribution in [-0.2, 0) is 16.1 Å². The first-order valence-corrected chi connectivity index (χ1v) is 7.59. The Morgan fingerprint density at radius 1 is 1.00 bits per heavy atom. The molecule has 1 aromatic rings. The van der Waals surface area contributed by atoms with Gasteiger partial charge in [-0.05, 0) is 13.0 Å². The number of carboxylic acid groups (broad SMARTS) is 2. The van der Waals surface area contributed by atoms with E-state index in [4.69, 9.17) is 15.3 Å². The maximum Gasteiger partial charge on any atom is 0.317 e. The van der Waals surface area contributed by atoms with E-state index in [-0.39, 0.29) is 38.5 Å². The van der Waals surface area contributed by atoms with E-state index in [2.05, 4.69) is 0 Å². The van der Waals surface area contributed by atoms with Gasteiger partial charge in [0.05, 0.1) is 19.7 Å². The van der Waals surface area contributed by atoms with E-state index >= 15 is 0 Å². The van der Waals surface area contributed by atoms with Gasteiger partial charge in [-0.15, -0.1) is 0 Å². The van der Waals surface area contributed by atoms with Crippen molar-refractivity contribution >= 4 is 11.9 Å². The summed E-state index contributed by atoms with van der Waals surface area (Å²) in [6, 6.07) is 5.11. The maximum absolute atomic E-state index is 11.0. The normalized spacial score (nSPS) is 11.2. The number of rotatable bonds is 11. The Balaban J connectivity index is 2.75. The molecule has 0 aromatic heterocycles. The number of benzene rings is 1. The molecule has 4 N–H and O–H groups in total. The lowest BCUT2D eigenvalue weighted by Crippen LogP contribution is -2.40. The Hall–Kier alpha value is -2.16. The van der Waals surface area contributed by atoms with Crippen molar-refractivity contribution in [1.29, 1.82) is 0 Å². The first-order chi connectivity index (χ1) is 11.3. The van der Waals surface area contributed by atoms with Crippen molar-refractivity contribution in [3.8, 4) is 5.75 Å². The van der Waals surface area contributed by atoms with Gasteiger partial charge in [-0.2, -0.15) is 0 Å². The summed E-state index contributed by atoms with van der Waals surface area (Å²) < 4.78 is 0. The third kappa shape index (κ3) is 7.40. The first-order valence-electron chi connectivity index (χ1n) is 7.59. The van der Waals surface area contributed by atoms with Gasteiger partial charge < -0.3 is 20.4 Å². The van der Waals surface area contributed by atoms with Gasteiger partial charge >= 0.3 is 11.9 Å². The second kappa shape index (κ2) is 9.86. The quantitative estimate of drug-likeness (QED) is 0.443. The number of phenols is 1. The van der Waals surface area contributed by atoms with E-state index in [9.17, 15) is 14.7 Å². The van der Waals surface area contributed by atoms with Gasteiger partial charge in [0.1, 0.15) is 5.75 Å². The molecule has 0 aliphatic rings. The van der Waals surface area contributed by atoms with Crippen LogP contribution >= 0.6 is 0 Å². The zero-order chi connectivity index (χ0) is 18.1. The predicted molar refractivity (Wildman–Crippen MR) is 86.9 cm³/mol. The van der Waals surface area contributed by atoms with E-state index < -0.39 is 11.9 Å². The molecule has 0 aliphatic carbocycles. The predicted octanol–water partition coefficient (Wildman–Crippen LogP) is -0.0339. The number of carboxylic acids is 2. The molecule has 0 aliphatic heterocycles. The Labute approximate surface area is 140 Å². The molecule has 0 heterocycles.